The standard InChI is InChI=1S/C12H15IN2O3/c1-2-7-14-12(17)15-11(16)8-18-10-6-4-3-5-9(10)13/h3-6H,2,7-8H2,1H3,(H2,14,15,16,17). The zero-order valence-corrected chi connectivity index (χ0v) is 12.2. The number of benzene rings is 1. The van der Waals surface area contributed by atoms with Crippen LogP contribution in [0.2, 0.25) is 0 Å². The Morgan fingerprint density at radius 2 is 2.06 bits per heavy atom. The van der Waals surface area contributed by atoms with Gasteiger partial charge in [0.25, 0.3) is 5.91 Å². The molecule has 0 saturated carbocycles. The number of hydrogen-bond donors (Lipinski definition) is 2. The van der Waals surface area contributed by atoms with Gasteiger partial charge in [0.2, 0.25) is 0 Å². The minimum atomic E-state index is -0.492. The second-order valence-electron chi connectivity index (χ2n) is 3.52. The summed E-state index contributed by atoms with van der Waals surface area (Å²) in [6.45, 7) is 2.29. The predicted octanol–water partition coefficient (Wildman–Crippen LogP) is 1.91. The highest BCUT2D eigenvalue weighted by Gasteiger charge is 2.08. The quantitative estimate of drug-likeness (QED) is 0.787. The summed E-state index contributed by atoms with van der Waals surface area (Å²) in [7, 11) is 0. The molecule has 98 valence electrons. The third-order valence-corrected chi connectivity index (χ3v) is 2.88. The number of amides is 3. The smallest absolute Gasteiger partial charge is 0.321 e. The van der Waals surface area contributed by atoms with Crippen molar-refractivity contribution in [3.05, 3.63) is 27.8 Å². The maximum Gasteiger partial charge on any atom is 0.321 e. The van der Waals surface area contributed by atoms with Crippen LogP contribution in [0, 0.1) is 3.57 Å². The van der Waals surface area contributed by atoms with Gasteiger partial charge in [-0.3, -0.25) is 10.1 Å². The van der Waals surface area contributed by atoms with Gasteiger partial charge < -0.3 is 10.1 Å². The number of rotatable bonds is 5. The Hall–Kier alpha value is -1.31. The molecule has 0 aliphatic rings. The van der Waals surface area contributed by atoms with Crippen LogP contribution in [0.25, 0.3) is 0 Å². The lowest BCUT2D eigenvalue weighted by atomic mass is 10.3. The molecule has 6 heteroatoms. The SMILES string of the molecule is CCCNC(=O)NC(=O)COc1ccccc1I. The van der Waals surface area contributed by atoms with E-state index in [2.05, 4.69) is 33.2 Å². The molecule has 3 amide bonds. The second kappa shape index (κ2) is 7.91. The van der Waals surface area contributed by atoms with E-state index in [1.807, 2.05) is 25.1 Å². The van der Waals surface area contributed by atoms with Crippen molar-refractivity contribution in [3.8, 4) is 5.75 Å². The maximum absolute atomic E-state index is 11.4. The van der Waals surface area contributed by atoms with Crippen LogP contribution in [0.1, 0.15) is 13.3 Å². The third kappa shape index (κ3) is 5.35. The van der Waals surface area contributed by atoms with Gasteiger partial charge >= 0.3 is 6.03 Å². The highest BCUT2D eigenvalue weighted by atomic mass is 127. The first-order valence-electron chi connectivity index (χ1n) is 5.58. The number of ether oxygens (including phenoxy) is 1. The first kappa shape index (κ1) is 14.7. The van der Waals surface area contributed by atoms with Crippen LogP contribution in [-0.4, -0.2) is 25.1 Å². The monoisotopic (exact) mass is 362 g/mol. The number of carbonyl (C=O) groups excluding carboxylic acids is 2. The molecule has 0 bridgehead atoms. The van der Waals surface area contributed by atoms with Gasteiger partial charge in [0.05, 0.1) is 3.57 Å². The van der Waals surface area contributed by atoms with Crippen molar-refractivity contribution in [3.63, 3.8) is 0 Å². The summed E-state index contributed by atoms with van der Waals surface area (Å²) in [5, 5.41) is 4.73. The average molecular weight is 362 g/mol. The van der Waals surface area contributed by atoms with Crippen LogP contribution in [0.3, 0.4) is 0 Å². The minimum Gasteiger partial charge on any atom is -0.483 e. The van der Waals surface area contributed by atoms with Gasteiger partial charge in [-0.05, 0) is 41.1 Å². The zero-order valence-electron chi connectivity index (χ0n) is 10.0. The Balaban J connectivity index is 2.33. The van der Waals surface area contributed by atoms with E-state index < -0.39 is 11.9 Å². The van der Waals surface area contributed by atoms with E-state index in [0.29, 0.717) is 12.3 Å². The van der Waals surface area contributed by atoms with Gasteiger partial charge in [-0.2, -0.15) is 0 Å². The van der Waals surface area contributed by atoms with Crippen LogP contribution in [0.4, 0.5) is 4.79 Å². The van der Waals surface area contributed by atoms with Crippen LogP contribution in [0.15, 0.2) is 24.3 Å². The molecule has 0 aromatic heterocycles. The topological polar surface area (TPSA) is 67.4 Å². The zero-order chi connectivity index (χ0) is 13.4. The molecule has 1 rings (SSSR count). The number of imide groups is 1. The van der Waals surface area contributed by atoms with Crippen LogP contribution in [-0.2, 0) is 4.79 Å². The van der Waals surface area contributed by atoms with E-state index in [4.69, 9.17) is 4.74 Å². The lowest BCUT2D eigenvalue weighted by Gasteiger charge is -2.08. The molecule has 0 heterocycles. The van der Waals surface area contributed by atoms with E-state index in [0.717, 1.165) is 9.99 Å². The van der Waals surface area contributed by atoms with Gasteiger partial charge in [0.15, 0.2) is 6.61 Å². The Labute approximate surface area is 119 Å². The van der Waals surface area contributed by atoms with Crippen molar-refractivity contribution < 1.29 is 14.3 Å². The summed E-state index contributed by atoms with van der Waals surface area (Å²) in [5.41, 5.74) is 0. The molecule has 0 fully saturated rings. The highest BCUT2D eigenvalue weighted by molar-refractivity contribution is 14.1. The summed E-state index contributed by atoms with van der Waals surface area (Å²) in [6, 6.07) is 6.86. The molecule has 0 unspecified atom stereocenters. The van der Waals surface area contributed by atoms with E-state index >= 15 is 0 Å². The van der Waals surface area contributed by atoms with Crippen molar-refractivity contribution in [2.24, 2.45) is 0 Å². The van der Waals surface area contributed by atoms with Crippen LogP contribution in [0.5, 0.6) is 5.75 Å². The molecular weight excluding hydrogens is 347 g/mol. The summed E-state index contributed by atoms with van der Waals surface area (Å²) in [4.78, 5) is 22.6. The number of nitrogens with one attached hydrogen (secondary N) is 2. The lowest BCUT2D eigenvalue weighted by Crippen LogP contribution is -2.41. The number of carbonyl (C=O) groups is 2. The molecule has 1 aromatic carbocycles. The minimum absolute atomic E-state index is 0.181. The normalized spacial score (nSPS) is 9.67. The molecular formula is C12H15IN2O3. The van der Waals surface area contributed by atoms with Gasteiger partial charge in [-0.25, -0.2) is 4.79 Å². The van der Waals surface area contributed by atoms with Crippen molar-refractivity contribution >= 4 is 34.5 Å². The number of urea groups is 1. The molecule has 2 N–H and O–H groups in total. The summed E-state index contributed by atoms with van der Waals surface area (Å²) in [6.07, 6.45) is 0.820. The fourth-order valence-electron chi connectivity index (χ4n) is 1.15. The third-order valence-electron chi connectivity index (χ3n) is 1.98. The average Bonchev–Trinajstić information content (AvgIpc) is 2.35. The Kier molecular flexibility index (Phi) is 6.48. The Morgan fingerprint density at radius 1 is 1.33 bits per heavy atom. The van der Waals surface area contributed by atoms with Gasteiger partial charge in [-0.15, -0.1) is 0 Å². The fraction of sp³-hybridized carbons (Fsp3) is 0.333. The lowest BCUT2D eigenvalue weighted by molar-refractivity contribution is -0.122. The molecule has 0 saturated heterocycles. The van der Waals surface area contributed by atoms with Crippen molar-refractivity contribution in [1.29, 1.82) is 0 Å². The molecule has 0 aliphatic heterocycles. The first-order valence-corrected chi connectivity index (χ1v) is 6.66. The van der Waals surface area contributed by atoms with Gasteiger partial charge in [0.1, 0.15) is 5.75 Å². The number of para-hydroxylation sites is 1. The molecule has 0 atom stereocenters. The fourth-order valence-corrected chi connectivity index (χ4v) is 1.69. The largest absolute Gasteiger partial charge is 0.483 e. The van der Waals surface area contributed by atoms with Crippen LogP contribution < -0.4 is 15.4 Å². The maximum atomic E-state index is 11.4. The summed E-state index contributed by atoms with van der Waals surface area (Å²) >= 11 is 2.11. The summed E-state index contributed by atoms with van der Waals surface area (Å²) < 4.78 is 6.22. The van der Waals surface area contributed by atoms with Crippen LogP contribution >= 0.6 is 22.6 Å². The van der Waals surface area contributed by atoms with E-state index in [1.165, 1.54) is 0 Å². The Bertz CT molecular complexity index is 424. The van der Waals surface area contributed by atoms with E-state index in [9.17, 15) is 9.59 Å². The van der Waals surface area contributed by atoms with Crippen molar-refractivity contribution in [1.82, 2.24) is 10.6 Å². The van der Waals surface area contributed by atoms with Crippen molar-refractivity contribution in [2.75, 3.05) is 13.2 Å². The van der Waals surface area contributed by atoms with Crippen molar-refractivity contribution in [2.45, 2.75) is 13.3 Å². The van der Waals surface area contributed by atoms with E-state index in [-0.39, 0.29) is 6.61 Å². The van der Waals surface area contributed by atoms with Gasteiger partial charge in [-0.1, -0.05) is 19.1 Å². The number of halogens is 1. The predicted molar refractivity (Wildman–Crippen MR) is 76.5 cm³/mol. The molecule has 18 heavy (non-hydrogen) atoms. The molecule has 0 radical (unpaired) electrons. The Morgan fingerprint density at radius 3 is 2.72 bits per heavy atom. The number of hydrogen-bond acceptors (Lipinski definition) is 3. The molecule has 5 nitrogen and oxygen atoms in total. The highest BCUT2D eigenvalue weighted by Crippen LogP contribution is 2.19. The second-order valence-corrected chi connectivity index (χ2v) is 4.69. The van der Waals surface area contributed by atoms with E-state index in [1.54, 1.807) is 6.07 Å². The molecule has 1 aromatic rings. The van der Waals surface area contributed by atoms with Gasteiger partial charge in [0, 0.05) is 6.54 Å². The summed E-state index contributed by atoms with van der Waals surface area (Å²) in [5.74, 6) is 0.158. The molecule has 0 aliphatic carbocycles. The first-order chi connectivity index (χ1) is 8.63. The molecule has 0 spiro atoms.